The third kappa shape index (κ3) is 4.23. The van der Waals surface area contributed by atoms with Crippen LogP contribution < -0.4 is 10.2 Å². The number of nitrogens with zero attached hydrogens (tertiary/aromatic N) is 4. The summed E-state index contributed by atoms with van der Waals surface area (Å²) in [5, 5.41) is 7.45. The minimum absolute atomic E-state index is 0. The van der Waals surface area contributed by atoms with E-state index < -0.39 is 0 Å². The number of carbonyl (C=O) groups is 1. The lowest BCUT2D eigenvalue weighted by molar-refractivity contribution is -0.121. The minimum atomic E-state index is 0. The number of rotatable bonds is 2. The van der Waals surface area contributed by atoms with Gasteiger partial charge in [-0.05, 0) is 6.42 Å². The summed E-state index contributed by atoms with van der Waals surface area (Å²) in [6.07, 6.45) is 4.59. The number of anilines is 1. The molecule has 2 fully saturated rings. The molecule has 1 aromatic heterocycles. The first-order valence-corrected chi connectivity index (χ1v) is 6.50. The Kier molecular flexibility index (Phi) is 8.58. The number of carbonyl (C=O) groups excluding carboxylic acids is 1. The molecular weight excluding hydrogens is 337 g/mol. The molecule has 0 aromatic carbocycles. The molecule has 1 atom stereocenters. The maximum Gasteiger partial charge on any atom is 0.244 e. The van der Waals surface area contributed by atoms with E-state index in [-0.39, 0.29) is 49.2 Å². The number of amides is 1. The van der Waals surface area contributed by atoms with Gasteiger partial charge in [0.05, 0.1) is 17.9 Å². The summed E-state index contributed by atoms with van der Waals surface area (Å²) in [5.74, 6) is 0.227. The molecule has 0 radical (unpaired) electrons. The average Bonchev–Trinajstić information content (AvgIpc) is 2.97. The van der Waals surface area contributed by atoms with Crippen LogP contribution in [0.1, 0.15) is 6.42 Å². The van der Waals surface area contributed by atoms with Gasteiger partial charge in [-0.15, -0.1) is 37.2 Å². The number of hydrogen-bond donors (Lipinski definition) is 1. The number of nitrogens with one attached hydrogen (secondary N) is 1. The SMILES string of the molecule is Cl.Cl.Cl.Cn1cc(N2CCC(N3CCNCC3)C2=O)cn1. The second-order valence-electron chi connectivity index (χ2n) is 4.95. The van der Waals surface area contributed by atoms with Gasteiger partial charge < -0.3 is 10.2 Å². The molecular formula is C12H22Cl3N5O. The first-order valence-electron chi connectivity index (χ1n) is 6.50. The van der Waals surface area contributed by atoms with Crippen LogP contribution in [0.2, 0.25) is 0 Å². The van der Waals surface area contributed by atoms with Crippen LogP contribution in [0.15, 0.2) is 12.4 Å². The summed E-state index contributed by atoms with van der Waals surface area (Å²) in [6.45, 7) is 4.71. The molecule has 3 rings (SSSR count). The van der Waals surface area contributed by atoms with Gasteiger partial charge in [0.1, 0.15) is 0 Å². The summed E-state index contributed by atoms with van der Waals surface area (Å²) < 4.78 is 1.74. The van der Waals surface area contributed by atoms with E-state index in [2.05, 4.69) is 15.3 Å². The van der Waals surface area contributed by atoms with Crippen molar-refractivity contribution in [2.45, 2.75) is 12.5 Å². The average molecular weight is 359 g/mol. The molecule has 2 aliphatic rings. The first kappa shape index (κ1) is 20.5. The quantitative estimate of drug-likeness (QED) is 0.845. The Labute approximate surface area is 143 Å². The molecule has 21 heavy (non-hydrogen) atoms. The van der Waals surface area contributed by atoms with Gasteiger partial charge in [-0.3, -0.25) is 14.4 Å². The van der Waals surface area contributed by atoms with Crippen LogP contribution >= 0.6 is 37.2 Å². The number of hydrogen-bond acceptors (Lipinski definition) is 4. The molecule has 3 heterocycles. The Morgan fingerprint density at radius 2 is 1.86 bits per heavy atom. The zero-order valence-electron chi connectivity index (χ0n) is 11.9. The summed E-state index contributed by atoms with van der Waals surface area (Å²) in [4.78, 5) is 16.6. The molecule has 0 bridgehead atoms. The predicted molar refractivity (Wildman–Crippen MR) is 90.2 cm³/mol. The summed E-state index contributed by atoms with van der Waals surface area (Å²) in [7, 11) is 1.87. The van der Waals surface area contributed by atoms with E-state index in [9.17, 15) is 4.79 Å². The lowest BCUT2D eigenvalue weighted by Gasteiger charge is -2.31. The van der Waals surface area contributed by atoms with E-state index in [4.69, 9.17) is 0 Å². The third-order valence-electron chi connectivity index (χ3n) is 3.77. The lowest BCUT2D eigenvalue weighted by Crippen LogP contribution is -2.51. The molecule has 1 aromatic rings. The van der Waals surface area contributed by atoms with Gasteiger partial charge in [0.2, 0.25) is 5.91 Å². The van der Waals surface area contributed by atoms with Gasteiger partial charge in [-0.25, -0.2) is 0 Å². The molecule has 2 aliphatic heterocycles. The monoisotopic (exact) mass is 357 g/mol. The highest BCUT2D eigenvalue weighted by molar-refractivity contribution is 5.99. The normalized spacial score (nSPS) is 22.2. The topological polar surface area (TPSA) is 53.4 Å². The van der Waals surface area contributed by atoms with Crippen molar-refractivity contribution in [2.24, 2.45) is 7.05 Å². The number of aromatic nitrogens is 2. The van der Waals surface area contributed by atoms with Crippen molar-refractivity contribution in [1.29, 1.82) is 0 Å². The van der Waals surface area contributed by atoms with Crippen molar-refractivity contribution in [2.75, 3.05) is 37.6 Å². The Bertz CT molecular complexity index is 450. The van der Waals surface area contributed by atoms with Crippen LogP contribution in [-0.2, 0) is 11.8 Å². The molecule has 9 heteroatoms. The van der Waals surface area contributed by atoms with E-state index >= 15 is 0 Å². The van der Waals surface area contributed by atoms with Gasteiger partial charge in [0.25, 0.3) is 0 Å². The zero-order chi connectivity index (χ0) is 12.5. The van der Waals surface area contributed by atoms with Crippen LogP contribution in [0.3, 0.4) is 0 Å². The molecule has 0 saturated carbocycles. The molecule has 0 aliphatic carbocycles. The van der Waals surface area contributed by atoms with E-state index in [0.29, 0.717) is 0 Å². The minimum Gasteiger partial charge on any atom is -0.314 e. The van der Waals surface area contributed by atoms with Crippen molar-refractivity contribution in [3.8, 4) is 0 Å². The van der Waals surface area contributed by atoms with E-state index in [1.807, 2.05) is 18.1 Å². The smallest absolute Gasteiger partial charge is 0.244 e. The largest absolute Gasteiger partial charge is 0.314 e. The van der Waals surface area contributed by atoms with Crippen LogP contribution in [0, 0.1) is 0 Å². The maximum absolute atomic E-state index is 12.4. The highest BCUT2D eigenvalue weighted by Gasteiger charge is 2.37. The van der Waals surface area contributed by atoms with Crippen molar-refractivity contribution in [3.63, 3.8) is 0 Å². The van der Waals surface area contributed by atoms with Crippen molar-refractivity contribution in [3.05, 3.63) is 12.4 Å². The number of aryl methyl sites for hydroxylation is 1. The van der Waals surface area contributed by atoms with Crippen LogP contribution in [0.5, 0.6) is 0 Å². The van der Waals surface area contributed by atoms with Gasteiger partial charge >= 0.3 is 0 Å². The molecule has 2 saturated heterocycles. The maximum atomic E-state index is 12.4. The molecule has 1 unspecified atom stereocenters. The van der Waals surface area contributed by atoms with Crippen LogP contribution in [0.4, 0.5) is 5.69 Å². The van der Waals surface area contributed by atoms with E-state index in [0.717, 1.165) is 44.8 Å². The molecule has 1 N–H and O–H groups in total. The van der Waals surface area contributed by atoms with Gasteiger partial charge in [-0.2, -0.15) is 5.10 Å². The summed E-state index contributed by atoms with van der Waals surface area (Å²) >= 11 is 0. The fourth-order valence-electron chi connectivity index (χ4n) is 2.80. The fraction of sp³-hybridized carbons (Fsp3) is 0.667. The Hall–Kier alpha value is -0.530. The highest BCUT2D eigenvalue weighted by Crippen LogP contribution is 2.23. The van der Waals surface area contributed by atoms with Crippen LogP contribution in [0.25, 0.3) is 0 Å². The molecule has 1 amide bonds. The van der Waals surface area contributed by atoms with Crippen molar-refractivity contribution < 1.29 is 4.79 Å². The zero-order valence-corrected chi connectivity index (χ0v) is 14.3. The molecule has 0 spiro atoms. The highest BCUT2D eigenvalue weighted by atomic mass is 35.5. The fourth-order valence-corrected chi connectivity index (χ4v) is 2.80. The van der Waals surface area contributed by atoms with E-state index in [1.165, 1.54) is 0 Å². The predicted octanol–water partition coefficient (Wildman–Crippen LogP) is 0.696. The second kappa shape index (κ2) is 8.80. The lowest BCUT2D eigenvalue weighted by atomic mass is 10.2. The van der Waals surface area contributed by atoms with Crippen molar-refractivity contribution in [1.82, 2.24) is 20.0 Å². The van der Waals surface area contributed by atoms with Gasteiger partial charge in [0.15, 0.2) is 0 Å². The summed E-state index contributed by atoms with van der Waals surface area (Å²) in [5.41, 5.74) is 0.917. The van der Waals surface area contributed by atoms with Gasteiger partial charge in [0, 0.05) is 46.0 Å². The Morgan fingerprint density at radius 3 is 2.43 bits per heavy atom. The second-order valence-corrected chi connectivity index (χ2v) is 4.95. The number of halogens is 3. The standard InChI is InChI=1S/C12H19N5O.3ClH/c1-15-9-10(8-14-15)17-5-2-11(12(17)18)16-6-3-13-4-7-16;;;/h8-9,11,13H,2-7H2,1H3;3*1H. The van der Waals surface area contributed by atoms with Crippen molar-refractivity contribution >= 4 is 48.8 Å². The first-order chi connectivity index (χ1) is 8.75. The third-order valence-corrected chi connectivity index (χ3v) is 3.77. The summed E-state index contributed by atoms with van der Waals surface area (Å²) in [6, 6.07) is 0.0623. The number of piperazine rings is 1. The van der Waals surface area contributed by atoms with E-state index in [1.54, 1.807) is 10.9 Å². The van der Waals surface area contributed by atoms with Crippen LogP contribution in [-0.4, -0.2) is 59.4 Å². The molecule has 122 valence electrons. The Balaban J connectivity index is 0.00000133. The Morgan fingerprint density at radius 1 is 1.19 bits per heavy atom. The van der Waals surface area contributed by atoms with Gasteiger partial charge in [-0.1, -0.05) is 0 Å². The molecule has 6 nitrogen and oxygen atoms in total.